The number of carbonyl (C=O) groups excluding carboxylic acids is 1. The zero-order valence-corrected chi connectivity index (χ0v) is 11.5. The molecule has 0 aliphatic rings. The highest BCUT2D eigenvalue weighted by atomic mass is 16.2. The van der Waals surface area contributed by atoms with E-state index in [0.717, 1.165) is 5.69 Å². The Morgan fingerprint density at radius 3 is 2.53 bits per heavy atom. The van der Waals surface area contributed by atoms with Crippen molar-refractivity contribution in [1.29, 1.82) is 5.26 Å². The Morgan fingerprint density at radius 2 is 2.00 bits per heavy atom. The lowest BCUT2D eigenvalue weighted by atomic mass is 10.0. The number of amides is 1. The Hall–Kier alpha value is -1.86. The van der Waals surface area contributed by atoms with Crippen LogP contribution in [0.1, 0.15) is 26.7 Å². The second-order valence-electron chi connectivity index (χ2n) is 4.97. The first-order valence-corrected chi connectivity index (χ1v) is 6.55. The first-order valence-electron chi connectivity index (χ1n) is 6.55. The van der Waals surface area contributed by atoms with E-state index in [2.05, 4.69) is 6.07 Å². The summed E-state index contributed by atoms with van der Waals surface area (Å²) in [6, 6.07) is 10.9. The summed E-state index contributed by atoms with van der Waals surface area (Å²) in [7, 11) is 0. The lowest BCUT2D eigenvalue weighted by molar-refractivity contribution is -0.120. The predicted molar refractivity (Wildman–Crippen MR) is 76.5 cm³/mol. The van der Waals surface area contributed by atoms with Gasteiger partial charge in [0.15, 0.2) is 0 Å². The molecular weight excluding hydrogens is 238 g/mol. The third kappa shape index (κ3) is 4.72. The van der Waals surface area contributed by atoms with E-state index in [1.165, 1.54) is 0 Å². The van der Waals surface area contributed by atoms with Gasteiger partial charge in [0, 0.05) is 12.2 Å². The van der Waals surface area contributed by atoms with Crippen LogP contribution in [0.5, 0.6) is 0 Å². The SMILES string of the molecule is CC(C)CC(N)C(=O)N(CCC#N)c1ccccc1. The van der Waals surface area contributed by atoms with Crippen molar-refractivity contribution in [2.24, 2.45) is 11.7 Å². The molecule has 4 nitrogen and oxygen atoms in total. The molecule has 0 fully saturated rings. The van der Waals surface area contributed by atoms with Crippen molar-refractivity contribution < 1.29 is 4.79 Å². The van der Waals surface area contributed by atoms with Crippen LogP contribution in [0.15, 0.2) is 30.3 Å². The van der Waals surface area contributed by atoms with Crippen molar-refractivity contribution in [2.75, 3.05) is 11.4 Å². The standard InChI is InChI=1S/C15H21N3O/c1-12(2)11-14(17)15(19)18(10-6-9-16)13-7-4-3-5-8-13/h3-5,7-8,12,14H,6,10-11,17H2,1-2H3. The van der Waals surface area contributed by atoms with E-state index >= 15 is 0 Å². The minimum Gasteiger partial charge on any atom is -0.320 e. The maximum Gasteiger partial charge on any atom is 0.243 e. The van der Waals surface area contributed by atoms with Gasteiger partial charge in [0.1, 0.15) is 0 Å². The molecule has 0 aliphatic carbocycles. The molecular formula is C15H21N3O. The van der Waals surface area contributed by atoms with Crippen LogP contribution in [0.25, 0.3) is 0 Å². The third-order valence-electron chi connectivity index (χ3n) is 2.82. The maximum atomic E-state index is 12.4. The van der Waals surface area contributed by atoms with Gasteiger partial charge in [0.25, 0.3) is 0 Å². The van der Waals surface area contributed by atoms with Gasteiger partial charge in [-0.05, 0) is 24.5 Å². The molecule has 1 aromatic carbocycles. The summed E-state index contributed by atoms with van der Waals surface area (Å²) in [4.78, 5) is 14.0. The van der Waals surface area contributed by atoms with Crippen LogP contribution < -0.4 is 10.6 Å². The highest BCUT2D eigenvalue weighted by molar-refractivity contribution is 5.97. The minimum absolute atomic E-state index is 0.116. The Bertz CT molecular complexity index is 436. The van der Waals surface area contributed by atoms with Crippen molar-refractivity contribution in [3.63, 3.8) is 0 Å². The minimum atomic E-state index is -0.515. The summed E-state index contributed by atoms with van der Waals surface area (Å²) in [5.41, 5.74) is 6.75. The molecule has 0 heterocycles. The fourth-order valence-electron chi connectivity index (χ4n) is 1.95. The number of nitriles is 1. The van der Waals surface area contributed by atoms with Gasteiger partial charge in [-0.3, -0.25) is 4.79 Å². The summed E-state index contributed by atoms with van der Waals surface area (Å²) in [6.45, 7) is 4.45. The molecule has 1 amide bonds. The van der Waals surface area contributed by atoms with Gasteiger partial charge in [-0.1, -0.05) is 32.0 Å². The molecule has 19 heavy (non-hydrogen) atoms. The number of nitrogens with two attached hydrogens (primary N) is 1. The average Bonchev–Trinajstić information content (AvgIpc) is 2.39. The number of anilines is 1. The topological polar surface area (TPSA) is 70.1 Å². The van der Waals surface area contributed by atoms with E-state index in [1.54, 1.807) is 4.90 Å². The van der Waals surface area contributed by atoms with E-state index in [-0.39, 0.29) is 5.91 Å². The predicted octanol–water partition coefficient (Wildman–Crippen LogP) is 2.31. The second-order valence-corrected chi connectivity index (χ2v) is 4.97. The van der Waals surface area contributed by atoms with Crippen LogP contribution in [0.2, 0.25) is 0 Å². The molecule has 1 atom stereocenters. The summed E-state index contributed by atoms with van der Waals surface area (Å²) in [5, 5.41) is 8.71. The van der Waals surface area contributed by atoms with E-state index in [4.69, 9.17) is 11.0 Å². The lowest BCUT2D eigenvalue weighted by Crippen LogP contribution is -2.45. The van der Waals surface area contributed by atoms with Crippen LogP contribution in [-0.2, 0) is 4.79 Å². The zero-order valence-electron chi connectivity index (χ0n) is 11.5. The molecule has 2 N–H and O–H groups in total. The highest BCUT2D eigenvalue weighted by Crippen LogP contribution is 2.16. The first-order chi connectivity index (χ1) is 9.06. The van der Waals surface area contributed by atoms with E-state index in [0.29, 0.717) is 25.3 Å². The summed E-state index contributed by atoms with van der Waals surface area (Å²) in [6.07, 6.45) is 0.948. The Labute approximate surface area is 114 Å². The van der Waals surface area contributed by atoms with Crippen LogP contribution in [0, 0.1) is 17.2 Å². The van der Waals surface area contributed by atoms with Crippen LogP contribution >= 0.6 is 0 Å². The number of para-hydroxylation sites is 1. The van der Waals surface area contributed by atoms with Crippen molar-refractivity contribution in [2.45, 2.75) is 32.7 Å². The molecule has 1 rings (SSSR count). The fourth-order valence-corrected chi connectivity index (χ4v) is 1.95. The van der Waals surface area contributed by atoms with E-state index in [1.807, 2.05) is 44.2 Å². The third-order valence-corrected chi connectivity index (χ3v) is 2.82. The molecule has 0 bridgehead atoms. The molecule has 1 unspecified atom stereocenters. The Balaban J connectivity index is 2.85. The quantitative estimate of drug-likeness (QED) is 0.852. The van der Waals surface area contributed by atoms with E-state index < -0.39 is 6.04 Å². The molecule has 4 heteroatoms. The average molecular weight is 259 g/mol. The molecule has 102 valence electrons. The van der Waals surface area contributed by atoms with Crippen molar-refractivity contribution in [3.8, 4) is 6.07 Å². The molecule has 0 spiro atoms. The van der Waals surface area contributed by atoms with E-state index in [9.17, 15) is 4.79 Å². The lowest BCUT2D eigenvalue weighted by Gasteiger charge is -2.25. The number of hydrogen-bond donors (Lipinski definition) is 1. The van der Waals surface area contributed by atoms with Gasteiger partial charge in [-0.2, -0.15) is 5.26 Å². The van der Waals surface area contributed by atoms with Gasteiger partial charge >= 0.3 is 0 Å². The Morgan fingerprint density at radius 1 is 1.37 bits per heavy atom. The monoisotopic (exact) mass is 259 g/mol. The maximum absolute atomic E-state index is 12.4. The van der Waals surface area contributed by atoms with Crippen LogP contribution in [-0.4, -0.2) is 18.5 Å². The van der Waals surface area contributed by atoms with Gasteiger partial charge in [0.2, 0.25) is 5.91 Å². The molecule has 0 aromatic heterocycles. The normalized spacial score (nSPS) is 11.9. The largest absolute Gasteiger partial charge is 0.320 e. The highest BCUT2D eigenvalue weighted by Gasteiger charge is 2.22. The Kier molecular flexibility index (Phi) is 6.04. The number of carbonyl (C=O) groups is 1. The first kappa shape index (κ1) is 15.2. The zero-order chi connectivity index (χ0) is 14.3. The number of rotatable bonds is 6. The molecule has 0 saturated heterocycles. The number of hydrogen-bond acceptors (Lipinski definition) is 3. The van der Waals surface area contributed by atoms with Gasteiger partial charge < -0.3 is 10.6 Å². The molecule has 0 saturated carbocycles. The summed E-state index contributed by atoms with van der Waals surface area (Å²) >= 11 is 0. The van der Waals surface area contributed by atoms with Crippen molar-refractivity contribution in [3.05, 3.63) is 30.3 Å². The van der Waals surface area contributed by atoms with Crippen molar-refractivity contribution in [1.82, 2.24) is 0 Å². The smallest absolute Gasteiger partial charge is 0.243 e. The summed E-state index contributed by atoms with van der Waals surface area (Å²) < 4.78 is 0. The molecule has 1 aromatic rings. The van der Waals surface area contributed by atoms with Gasteiger partial charge in [0.05, 0.1) is 18.5 Å². The van der Waals surface area contributed by atoms with Crippen LogP contribution in [0.3, 0.4) is 0 Å². The van der Waals surface area contributed by atoms with Crippen LogP contribution in [0.4, 0.5) is 5.69 Å². The van der Waals surface area contributed by atoms with Gasteiger partial charge in [-0.25, -0.2) is 0 Å². The second kappa shape index (κ2) is 7.55. The van der Waals surface area contributed by atoms with Gasteiger partial charge in [-0.15, -0.1) is 0 Å². The number of benzene rings is 1. The van der Waals surface area contributed by atoms with Crippen molar-refractivity contribution >= 4 is 11.6 Å². The fraction of sp³-hybridized carbons (Fsp3) is 0.467. The molecule has 0 aliphatic heterocycles. The molecule has 0 radical (unpaired) electrons. The summed E-state index contributed by atoms with van der Waals surface area (Å²) in [5.74, 6) is 0.252. The number of nitrogens with zero attached hydrogens (tertiary/aromatic N) is 2.